The summed E-state index contributed by atoms with van der Waals surface area (Å²) in [6, 6.07) is 17.2. The molecule has 5 rings (SSSR count). The van der Waals surface area contributed by atoms with Crippen molar-refractivity contribution in [3.8, 4) is 34.3 Å². The van der Waals surface area contributed by atoms with Crippen LogP contribution in [0.15, 0.2) is 54.9 Å². The van der Waals surface area contributed by atoms with Crippen LogP contribution in [0.5, 0.6) is 5.75 Å². The largest absolute Gasteiger partial charge is 0.489 e. The molecule has 0 spiro atoms. The fourth-order valence-electron chi connectivity index (χ4n) is 4.37. The molecule has 188 valence electrons. The first-order chi connectivity index (χ1) is 18.2. The Morgan fingerprint density at radius 3 is 2.65 bits per heavy atom. The highest BCUT2D eigenvalue weighted by atomic mass is 16.5. The SMILES string of the molecule is CNCCNC(=O)c1ccc(-c2cc3c(-c4ccc(OC5CCOCC5)c(C#N)c4)ncnc3[nH]2)cc1. The summed E-state index contributed by atoms with van der Waals surface area (Å²) in [5.74, 6) is 0.470. The average molecular weight is 497 g/mol. The summed E-state index contributed by atoms with van der Waals surface area (Å²) in [7, 11) is 1.84. The molecule has 0 aliphatic carbocycles. The van der Waals surface area contributed by atoms with Crippen LogP contribution >= 0.6 is 0 Å². The van der Waals surface area contributed by atoms with Gasteiger partial charge >= 0.3 is 0 Å². The van der Waals surface area contributed by atoms with Crippen LogP contribution in [-0.2, 0) is 4.74 Å². The Labute approximate surface area is 214 Å². The molecule has 2 aromatic heterocycles. The number of ether oxygens (including phenoxy) is 2. The van der Waals surface area contributed by atoms with E-state index < -0.39 is 0 Å². The molecule has 0 radical (unpaired) electrons. The molecule has 2 aromatic carbocycles. The van der Waals surface area contributed by atoms with E-state index in [-0.39, 0.29) is 12.0 Å². The predicted molar refractivity (Wildman–Crippen MR) is 140 cm³/mol. The second-order valence-corrected chi connectivity index (χ2v) is 8.86. The van der Waals surface area contributed by atoms with Gasteiger partial charge in [0.05, 0.1) is 24.5 Å². The lowest BCUT2D eigenvalue weighted by atomic mass is 10.0. The van der Waals surface area contributed by atoms with E-state index in [4.69, 9.17) is 9.47 Å². The van der Waals surface area contributed by atoms with Crippen molar-refractivity contribution in [3.63, 3.8) is 0 Å². The molecule has 1 aliphatic heterocycles. The molecule has 0 saturated carbocycles. The lowest BCUT2D eigenvalue weighted by molar-refractivity contribution is 0.0254. The number of nitriles is 1. The Bertz CT molecular complexity index is 1430. The molecule has 1 amide bonds. The van der Waals surface area contributed by atoms with E-state index in [1.54, 1.807) is 12.1 Å². The number of nitrogens with one attached hydrogen (secondary N) is 3. The normalized spacial score (nSPS) is 13.8. The third-order valence-electron chi connectivity index (χ3n) is 6.38. The number of likely N-dealkylation sites (N-methyl/N-ethyl adjacent to an activating group) is 1. The number of aromatic amines is 1. The zero-order chi connectivity index (χ0) is 25.6. The molecule has 4 aromatic rings. The Morgan fingerprint density at radius 2 is 1.89 bits per heavy atom. The van der Waals surface area contributed by atoms with Crippen LogP contribution < -0.4 is 15.4 Å². The van der Waals surface area contributed by atoms with Gasteiger partial charge in [0.2, 0.25) is 0 Å². The Balaban J connectivity index is 1.40. The van der Waals surface area contributed by atoms with Gasteiger partial charge < -0.3 is 25.1 Å². The van der Waals surface area contributed by atoms with Gasteiger partial charge in [0.15, 0.2) is 0 Å². The molecular weight excluding hydrogens is 468 g/mol. The number of hydrogen-bond acceptors (Lipinski definition) is 7. The van der Waals surface area contributed by atoms with Gasteiger partial charge in [0.25, 0.3) is 5.91 Å². The third-order valence-corrected chi connectivity index (χ3v) is 6.38. The standard InChI is InChI=1S/C28H28N6O3/c1-30-10-11-31-28(35)19-4-2-18(3-5-19)24-15-23-26(32-17-33-27(23)34-24)20-6-7-25(21(14-20)16-29)37-22-8-12-36-13-9-22/h2-7,14-15,17,22,30H,8-13H2,1H3,(H,31,35)(H,32,33,34). The minimum atomic E-state index is -0.107. The average Bonchev–Trinajstić information content (AvgIpc) is 3.39. The van der Waals surface area contributed by atoms with Crippen molar-refractivity contribution < 1.29 is 14.3 Å². The van der Waals surface area contributed by atoms with Crippen LogP contribution in [0.25, 0.3) is 33.5 Å². The molecule has 9 heteroatoms. The number of H-pyrrole nitrogens is 1. The second-order valence-electron chi connectivity index (χ2n) is 8.86. The third kappa shape index (κ3) is 5.45. The van der Waals surface area contributed by atoms with Gasteiger partial charge in [-0.3, -0.25) is 4.79 Å². The van der Waals surface area contributed by atoms with Crippen LogP contribution in [-0.4, -0.2) is 60.3 Å². The van der Waals surface area contributed by atoms with Crippen LogP contribution in [0, 0.1) is 11.3 Å². The summed E-state index contributed by atoms with van der Waals surface area (Å²) in [4.78, 5) is 24.6. The van der Waals surface area contributed by atoms with E-state index in [1.807, 2.05) is 43.4 Å². The van der Waals surface area contributed by atoms with E-state index in [0.29, 0.717) is 48.8 Å². The number of hydrogen-bond donors (Lipinski definition) is 3. The Hall–Kier alpha value is -4.26. The zero-order valence-electron chi connectivity index (χ0n) is 20.6. The second kappa shape index (κ2) is 11.2. The monoisotopic (exact) mass is 496 g/mol. The van der Waals surface area contributed by atoms with Gasteiger partial charge in [-0.2, -0.15) is 5.26 Å². The number of aromatic nitrogens is 3. The van der Waals surface area contributed by atoms with Crippen LogP contribution in [0.2, 0.25) is 0 Å². The minimum Gasteiger partial charge on any atom is -0.489 e. The van der Waals surface area contributed by atoms with Crippen molar-refractivity contribution >= 4 is 16.9 Å². The molecular formula is C28H28N6O3. The van der Waals surface area contributed by atoms with Gasteiger partial charge in [0, 0.05) is 48.1 Å². The summed E-state index contributed by atoms with van der Waals surface area (Å²) in [6.07, 6.45) is 3.19. The van der Waals surface area contributed by atoms with E-state index in [2.05, 4.69) is 31.7 Å². The maximum absolute atomic E-state index is 12.3. The molecule has 0 bridgehead atoms. The van der Waals surface area contributed by atoms with E-state index in [0.717, 1.165) is 40.7 Å². The van der Waals surface area contributed by atoms with Crippen molar-refractivity contribution in [2.24, 2.45) is 0 Å². The Kier molecular flexibility index (Phi) is 7.40. The van der Waals surface area contributed by atoms with Crippen molar-refractivity contribution in [1.82, 2.24) is 25.6 Å². The van der Waals surface area contributed by atoms with Gasteiger partial charge in [0.1, 0.15) is 29.9 Å². The number of carbonyl (C=O) groups is 1. The molecule has 1 fully saturated rings. The van der Waals surface area contributed by atoms with Crippen molar-refractivity contribution in [1.29, 1.82) is 5.26 Å². The highest BCUT2D eigenvalue weighted by Crippen LogP contribution is 2.33. The molecule has 1 aliphatic rings. The number of carbonyl (C=O) groups excluding carboxylic acids is 1. The van der Waals surface area contributed by atoms with Crippen molar-refractivity contribution in [2.75, 3.05) is 33.4 Å². The fourth-order valence-corrected chi connectivity index (χ4v) is 4.37. The summed E-state index contributed by atoms with van der Waals surface area (Å²) >= 11 is 0. The Morgan fingerprint density at radius 1 is 1.11 bits per heavy atom. The maximum atomic E-state index is 12.3. The van der Waals surface area contributed by atoms with Crippen molar-refractivity contribution in [3.05, 3.63) is 66.0 Å². The number of fused-ring (bicyclic) bond motifs is 1. The molecule has 3 N–H and O–H groups in total. The predicted octanol–water partition coefficient (Wildman–Crippen LogP) is 3.67. The summed E-state index contributed by atoms with van der Waals surface area (Å²) in [6.45, 7) is 2.62. The van der Waals surface area contributed by atoms with Gasteiger partial charge in [-0.15, -0.1) is 0 Å². The van der Waals surface area contributed by atoms with E-state index >= 15 is 0 Å². The quantitative estimate of drug-likeness (QED) is 0.318. The van der Waals surface area contributed by atoms with Gasteiger partial charge in [-0.1, -0.05) is 12.1 Å². The molecule has 37 heavy (non-hydrogen) atoms. The lowest BCUT2D eigenvalue weighted by Gasteiger charge is -2.23. The highest BCUT2D eigenvalue weighted by Gasteiger charge is 2.18. The first kappa shape index (κ1) is 24.4. The minimum absolute atomic E-state index is 0.0514. The summed E-state index contributed by atoms with van der Waals surface area (Å²) in [5, 5.41) is 16.5. The van der Waals surface area contributed by atoms with Crippen LogP contribution in [0.1, 0.15) is 28.8 Å². The number of nitrogens with zero attached hydrogens (tertiary/aromatic N) is 3. The number of amides is 1. The van der Waals surface area contributed by atoms with E-state index in [1.165, 1.54) is 6.33 Å². The number of benzene rings is 2. The lowest BCUT2D eigenvalue weighted by Crippen LogP contribution is -2.30. The van der Waals surface area contributed by atoms with Gasteiger partial charge in [-0.25, -0.2) is 9.97 Å². The molecule has 9 nitrogen and oxygen atoms in total. The number of rotatable bonds is 8. The molecule has 0 unspecified atom stereocenters. The highest BCUT2D eigenvalue weighted by molar-refractivity contribution is 5.96. The maximum Gasteiger partial charge on any atom is 0.251 e. The van der Waals surface area contributed by atoms with Gasteiger partial charge in [-0.05, 0) is 49.0 Å². The summed E-state index contributed by atoms with van der Waals surface area (Å²) < 4.78 is 11.5. The molecule has 3 heterocycles. The van der Waals surface area contributed by atoms with E-state index in [9.17, 15) is 10.1 Å². The first-order valence-corrected chi connectivity index (χ1v) is 12.3. The molecule has 0 atom stereocenters. The first-order valence-electron chi connectivity index (χ1n) is 12.3. The van der Waals surface area contributed by atoms with Crippen molar-refractivity contribution in [2.45, 2.75) is 18.9 Å². The zero-order valence-corrected chi connectivity index (χ0v) is 20.6. The van der Waals surface area contributed by atoms with Crippen LogP contribution in [0.4, 0.5) is 0 Å². The van der Waals surface area contributed by atoms with Crippen LogP contribution in [0.3, 0.4) is 0 Å². The summed E-state index contributed by atoms with van der Waals surface area (Å²) in [5.41, 5.74) is 5.07. The smallest absolute Gasteiger partial charge is 0.251 e. The molecule has 1 saturated heterocycles. The fraction of sp³-hybridized carbons (Fsp3) is 0.286. The topological polar surface area (TPSA) is 125 Å².